The first-order chi connectivity index (χ1) is 10.7. The molecule has 1 aromatic carbocycles. The third-order valence-electron chi connectivity index (χ3n) is 4.81. The molecule has 7 heteroatoms. The van der Waals surface area contributed by atoms with Gasteiger partial charge in [0.15, 0.2) is 0 Å². The number of rotatable bonds is 1. The maximum atomic E-state index is 5.06. The minimum Gasteiger partial charge on any atom is -0.341 e. The van der Waals surface area contributed by atoms with E-state index in [1.165, 1.54) is 34.0 Å². The first kappa shape index (κ1) is 17.5. The lowest BCUT2D eigenvalue weighted by Gasteiger charge is -2.25. The molecule has 4 nitrogen and oxygen atoms in total. The van der Waals surface area contributed by atoms with Gasteiger partial charge in [-0.05, 0) is 75.7 Å². The molecule has 3 heterocycles. The molecule has 0 unspecified atom stereocenters. The maximum Gasteiger partial charge on any atom is 0.206 e. The van der Waals surface area contributed by atoms with E-state index in [-0.39, 0.29) is 12.4 Å². The van der Waals surface area contributed by atoms with Crippen LogP contribution in [0.15, 0.2) is 8.95 Å². The van der Waals surface area contributed by atoms with Gasteiger partial charge in [0.25, 0.3) is 0 Å². The second-order valence-electron chi connectivity index (χ2n) is 6.19. The van der Waals surface area contributed by atoms with Gasteiger partial charge in [0.05, 0.1) is 11.0 Å². The van der Waals surface area contributed by atoms with Crippen LogP contribution in [0, 0.1) is 6.92 Å². The van der Waals surface area contributed by atoms with Crippen molar-refractivity contribution in [1.29, 1.82) is 0 Å². The van der Waals surface area contributed by atoms with Crippen molar-refractivity contribution in [2.24, 2.45) is 0 Å². The van der Waals surface area contributed by atoms with Crippen LogP contribution in [0.2, 0.25) is 0 Å². The van der Waals surface area contributed by atoms with E-state index in [9.17, 15) is 0 Å². The van der Waals surface area contributed by atoms with E-state index >= 15 is 0 Å². The molecule has 0 aliphatic carbocycles. The van der Waals surface area contributed by atoms with E-state index < -0.39 is 0 Å². The van der Waals surface area contributed by atoms with Gasteiger partial charge in [-0.2, -0.15) is 0 Å². The van der Waals surface area contributed by atoms with Gasteiger partial charge in [-0.1, -0.05) is 0 Å². The fourth-order valence-electron chi connectivity index (χ4n) is 3.65. The molecule has 0 bridgehead atoms. The highest BCUT2D eigenvalue weighted by molar-refractivity contribution is 9.13. The Morgan fingerprint density at radius 3 is 2.70 bits per heavy atom. The van der Waals surface area contributed by atoms with Crippen molar-refractivity contribution in [3.63, 3.8) is 0 Å². The number of imidazole rings is 1. The van der Waals surface area contributed by atoms with Gasteiger partial charge in [0, 0.05) is 35.1 Å². The fraction of sp³-hybridized carbons (Fsp3) is 0.562. The molecule has 126 valence electrons. The summed E-state index contributed by atoms with van der Waals surface area (Å²) < 4.78 is 4.82. The van der Waals surface area contributed by atoms with Crippen molar-refractivity contribution in [2.75, 3.05) is 31.1 Å². The summed E-state index contributed by atoms with van der Waals surface area (Å²) in [6.07, 6.45) is 3.50. The molecule has 0 spiro atoms. The van der Waals surface area contributed by atoms with Crippen LogP contribution in [0.1, 0.15) is 24.0 Å². The number of nitrogens with one attached hydrogen (secondary N) is 1. The molecule has 1 aromatic heterocycles. The lowest BCUT2D eigenvalue weighted by molar-refractivity contribution is 0.615. The summed E-state index contributed by atoms with van der Waals surface area (Å²) in [5.41, 5.74) is 5.15. The van der Waals surface area contributed by atoms with Gasteiger partial charge in [-0.15, -0.1) is 12.4 Å². The van der Waals surface area contributed by atoms with Gasteiger partial charge in [-0.25, -0.2) is 4.98 Å². The Kier molecular flexibility index (Phi) is 5.26. The predicted octanol–water partition coefficient (Wildman–Crippen LogP) is 4.04. The molecule has 2 aliphatic heterocycles. The van der Waals surface area contributed by atoms with Crippen molar-refractivity contribution in [1.82, 2.24) is 14.9 Å². The van der Waals surface area contributed by atoms with Gasteiger partial charge in [-0.3, -0.25) is 0 Å². The Morgan fingerprint density at radius 2 is 1.87 bits per heavy atom. The van der Waals surface area contributed by atoms with Gasteiger partial charge in [0.2, 0.25) is 5.95 Å². The topological polar surface area (TPSA) is 33.1 Å². The third-order valence-corrected chi connectivity index (χ3v) is 7.21. The highest BCUT2D eigenvalue weighted by Crippen LogP contribution is 2.41. The Labute approximate surface area is 159 Å². The quantitative estimate of drug-likeness (QED) is 0.692. The number of halogens is 3. The lowest BCUT2D eigenvalue weighted by Crippen LogP contribution is -2.30. The normalized spacial score (nSPS) is 18.0. The van der Waals surface area contributed by atoms with E-state index in [0.29, 0.717) is 0 Å². The molecule has 23 heavy (non-hydrogen) atoms. The smallest absolute Gasteiger partial charge is 0.206 e. The molecule has 4 rings (SSSR count). The number of nitrogens with zero attached hydrogens (tertiary/aromatic N) is 3. The zero-order valence-corrected chi connectivity index (χ0v) is 17.2. The molecule has 1 saturated heterocycles. The first-order valence-corrected chi connectivity index (χ1v) is 9.59. The summed E-state index contributed by atoms with van der Waals surface area (Å²) >= 11 is 7.53. The van der Waals surface area contributed by atoms with Gasteiger partial charge in [0.1, 0.15) is 0 Å². The third kappa shape index (κ3) is 2.81. The van der Waals surface area contributed by atoms with Crippen LogP contribution >= 0.6 is 44.3 Å². The highest BCUT2D eigenvalue weighted by Gasteiger charge is 2.26. The van der Waals surface area contributed by atoms with Crippen molar-refractivity contribution in [2.45, 2.75) is 32.7 Å². The molecule has 1 N–H and O–H groups in total. The summed E-state index contributed by atoms with van der Waals surface area (Å²) in [6.45, 7) is 7.53. The largest absolute Gasteiger partial charge is 0.341 e. The zero-order valence-electron chi connectivity index (χ0n) is 13.2. The minimum absolute atomic E-state index is 0. The molecule has 2 aromatic rings. The van der Waals surface area contributed by atoms with Crippen LogP contribution in [-0.2, 0) is 13.0 Å². The number of hydrogen-bond acceptors (Lipinski definition) is 3. The fourth-order valence-corrected chi connectivity index (χ4v) is 4.76. The second kappa shape index (κ2) is 6.90. The Hall–Kier alpha value is -0.300. The number of hydrogen-bond donors (Lipinski definition) is 1. The van der Waals surface area contributed by atoms with E-state index in [1.807, 2.05) is 0 Å². The average molecular weight is 465 g/mol. The van der Waals surface area contributed by atoms with Crippen molar-refractivity contribution in [3.8, 4) is 0 Å². The minimum atomic E-state index is 0. The summed E-state index contributed by atoms with van der Waals surface area (Å²) in [7, 11) is 0. The number of benzene rings is 1. The average Bonchev–Trinajstić information content (AvgIpc) is 2.72. The van der Waals surface area contributed by atoms with E-state index in [4.69, 9.17) is 4.98 Å². The standard InChI is InChI=1S/C16H20Br2N4.ClH/c1-10-12(17)13(18)11-4-2-8-22-15(11)14(10)20-16(22)21-7-3-5-19-6-9-21;/h19H,2-9H2,1H3;1H. The Morgan fingerprint density at radius 1 is 1.04 bits per heavy atom. The molecule has 0 atom stereocenters. The Bertz CT molecular complexity index is 736. The predicted molar refractivity (Wildman–Crippen MR) is 105 cm³/mol. The summed E-state index contributed by atoms with van der Waals surface area (Å²) in [4.78, 5) is 7.52. The van der Waals surface area contributed by atoms with Crippen molar-refractivity contribution >= 4 is 61.2 Å². The molecule has 0 saturated carbocycles. The van der Waals surface area contributed by atoms with E-state index in [1.54, 1.807) is 0 Å². The van der Waals surface area contributed by atoms with E-state index in [0.717, 1.165) is 55.1 Å². The van der Waals surface area contributed by atoms with Crippen LogP contribution < -0.4 is 10.2 Å². The summed E-state index contributed by atoms with van der Waals surface area (Å²) in [6, 6.07) is 0. The number of anilines is 1. The van der Waals surface area contributed by atoms with Crippen molar-refractivity contribution in [3.05, 3.63) is 20.1 Å². The second-order valence-corrected chi connectivity index (χ2v) is 7.77. The van der Waals surface area contributed by atoms with Crippen LogP contribution in [-0.4, -0.2) is 35.7 Å². The zero-order chi connectivity index (χ0) is 15.3. The highest BCUT2D eigenvalue weighted by atomic mass is 79.9. The summed E-state index contributed by atoms with van der Waals surface area (Å²) in [5, 5.41) is 3.48. The summed E-state index contributed by atoms with van der Waals surface area (Å²) in [5.74, 6) is 1.16. The number of aryl methyl sites for hydroxylation is 3. The molecule has 2 aliphatic rings. The Balaban J connectivity index is 0.00000156. The SMILES string of the molecule is Cc1c(Br)c(Br)c2c3c1nc(N1CCCNCC1)n3CCC2.Cl. The van der Waals surface area contributed by atoms with Gasteiger partial charge >= 0.3 is 0 Å². The molecular formula is C16H21Br2ClN4. The number of aromatic nitrogens is 2. The van der Waals surface area contributed by atoms with Crippen molar-refractivity contribution < 1.29 is 0 Å². The van der Waals surface area contributed by atoms with Gasteiger partial charge < -0.3 is 14.8 Å². The molecule has 0 radical (unpaired) electrons. The van der Waals surface area contributed by atoms with E-state index in [2.05, 4.69) is 53.6 Å². The maximum absolute atomic E-state index is 5.06. The molecule has 0 amide bonds. The lowest BCUT2D eigenvalue weighted by atomic mass is 10.0. The van der Waals surface area contributed by atoms with Crippen LogP contribution in [0.4, 0.5) is 5.95 Å². The van der Waals surface area contributed by atoms with Crippen LogP contribution in [0.5, 0.6) is 0 Å². The monoisotopic (exact) mass is 462 g/mol. The molecule has 1 fully saturated rings. The van der Waals surface area contributed by atoms with Crippen LogP contribution in [0.25, 0.3) is 11.0 Å². The van der Waals surface area contributed by atoms with Crippen LogP contribution in [0.3, 0.4) is 0 Å². The molecular weight excluding hydrogens is 443 g/mol. The first-order valence-electron chi connectivity index (χ1n) is 8.01.